The number of carbonyl (C=O) groups excluding carboxylic acids is 1. The predicted octanol–water partition coefficient (Wildman–Crippen LogP) is 6.79. The van der Waals surface area contributed by atoms with E-state index in [0.717, 1.165) is 44.5 Å². The van der Waals surface area contributed by atoms with Crippen molar-refractivity contribution < 1.29 is 32.5 Å². The van der Waals surface area contributed by atoms with E-state index in [0.29, 0.717) is 59.8 Å². The van der Waals surface area contributed by atoms with Gasteiger partial charge in [-0.2, -0.15) is 0 Å². The van der Waals surface area contributed by atoms with Crippen LogP contribution in [0.2, 0.25) is 0 Å². The molecule has 1 atom stereocenters. The number of hydrogen-bond donors (Lipinski definition) is 1. The summed E-state index contributed by atoms with van der Waals surface area (Å²) >= 11 is 0. The fraction of sp³-hybridized carbons (Fsp3) is 0.500. The predicted molar refractivity (Wildman–Crippen MR) is 158 cm³/mol. The van der Waals surface area contributed by atoms with Gasteiger partial charge in [0.1, 0.15) is 23.8 Å². The average Bonchev–Trinajstić information content (AvgIpc) is 3.34. The normalized spacial score (nSPS) is 21.2. The number of phenolic OH excluding ortho intramolecular Hbond substituents is 1. The van der Waals surface area contributed by atoms with Gasteiger partial charge < -0.3 is 32.2 Å². The van der Waals surface area contributed by atoms with Gasteiger partial charge in [0, 0.05) is 35.7 Å². The van der Waals surface area contributed by atoms with Crippen molar-refractivity contribution >= 4 is 24.2 Å². The van der Waals surface area contributed by atoms with Crippen LogP contribution in [0.1, 0.15) is 92.2 Å². The van der Waals surface area contributed by atoms with E-state index in [1.54, 1.807) is 20.8 Å². The van der Waals surface area contributed by atoms with Gasteiger partial charge >= 0.3 is 12.9 Å². The van der Waals surface area contributed by atoms with Gasteiger partial charge in [-0.3, -0.25) is 0 Å². The molecule has 4 heterocycles. The monoisotopic (exact) mass is 566 g/mol. The molecule has 9 heteroatoms. The number of allylic oxidation sites excluding steroid dienone is 2. The van der Waals surface area contributed by atoms with Crippen molar-refractivity contribution in [2.75, 3.05) is 6.61 Å². The van der Waals surface area contributed by atoms with E-state index in [4.69, 9.17) is 9.47 Å². The van der Waals surface area contributed by atoms with Crippen molar-refractivity contribution in [3.63, 3.8) is 0 Å². The van der Waals surface area contributed by atoms with E-state index in [-0.39, 0.29) is 12.4 Å². The molecule has 41 heavy (non-hydrogen) atoms. The lowest BCUT2D eigenvalue weighted by molar-refractivity contribution is -0.364. The second kappa shape index (κ2) is 9.60. The zero-order valence-electron chi connectivity index (χ0n) is 25.9. The number of hydrogen-bond acceptors (Lipinski definition) is 4. The van der Waals surface area contributed by atoms with Crippen molar-refractivity contribution in [1.29, 1.82) is 0 Å². The van der Waals surface area contributed by atoms with Crippen LogP contribution < -0.4 is 4.74 Å². The number of esters is 1. The highest BCUT2D eigenvalue weighted by molar-refractivity contribution is 6.58. The Balaban J connectivity index is 1.58. The van der Waals surface area contributed by atoms with Crippen molar-refractivity contribution in [3.8, 4) is 11.5 Å². The number of halogens is 2. The third-order valence-electron chi connectivity index (χ3n) is 9.89. The zero-order chi connectivity index (χ0) is 30.3. The Kier molecular flexibility index (Phi) is 6.82. The lowest BCUT2D eigenvalue weighted by Crippen LogP contribution is -2.52. The van der Waals surface area contributed by atoms with Crippen LogP contribution in [0.25, 0.3) is 5.57 Å². The quantitative estimate of drug-likeness (QED) is 0.320. The molecule has 2 aromatic rings. The maximum atomic E-state index is 16.4. The van der Waals surface area contributed by atoms with E-state index in [1.807, 2.05) is 48.5 Å². The molecule has 1 N–H and O–H groups in total. The van der Waals surface area contributed by atoms with Crippen LogP contribution in [-0.4, -0.2) is 44.9 Å². The number of fused-ring (bicyclic) bond motifs is 3. The third kappa shape index (κ3) is 3.87. The molecular weight excluding hydrogens is 525 g/mol. The van der Waals surface area contributed by atoms with Crippen LogP contribution in [0.15, 0.2) is 16.8 Å². The highest BCUT2D eigenvalue weighted by Gasteiger charge is 2.57. The summed E-state index contributed by atoms with van der Waals surface area (Å²) in [5.41, 5.74) is 7.90. The smallest absolute Gasteiger partial charge is 0.507 e. The van der Waals surface area contributed by atoms with E-state index in [1.165, 1.54) is 8.96 Å². The van der Waals surface area contributed by atoms with Gasteiger partial charge in [-0.15, -0.1) is 0 Å². The van der Waals surface area contributed by atoms with Crippen molar-refractivity contribution in [2.24, 2.45) is 0 Å². The molecule has 0 radical (unpaired) electrons. The summed E-state index contributed by atoms with van der Waals surface area (Å²) in [7, 11) is 0. The second-order valence-corrected chi connectivity index (χ2v) is 12.0. The maximum Gasteiger partial charge on any atom is 0.737 e. The molecule has 0 saturated heterocycles. The number of ether oxygens (including phenoxy) is 2. The summed E-state index contributed by atoms with van der Waals surface area (Å²) in [6.07, 6.45) is 2.18. The van der Waals surface area contributed by atoms with Crippen LogP contribution in [0, 0.1) is 34.6 Å². The number of phenols is 1. The molecule has 6 nitrogen and oxygen atoms in total. The van der Waals surface area contributed by atoms with Gasteiger partial charge in [-0.25, -0.2) is 4.79 Å². The molecule has 0 spiro atoms. The minimum Gasteiger partial charge on any atom is -0.507 e. The molecule has 0 bridgehead atoms. The Bertz CT molecular complexity index is 1630. The Hall–Kier alpha value is -3.36. The molecule has 1 aromatic carbocycles. The molecule has 5 rings (SSSR count). The fourth-order valence-electron chi connectivity index (χ4n) is 7.42. The molecule has 220 valence electrons. The van der Waals surface area contributed by atoms with Crippen molar-refractivity contribution in [3.05, 3.63) is 61.6 Å². The first-order valence-corrected chi connectivity index (χ1v) is 14.6. The number of aromatic hydroxyl groups is 1. The summed E-state index contributed by atoms with van der Waals surface area (Å²) in [4.78, 5) is 13.7. The molecule has 0 aliphatic carbocycles. The summed E-state index contributed by atoms with van der Waals surface area (Å²) in [5.74, 6) is 0.327. The summed E-state index contributed by atoms with van der Waals surface area (Å²) < 4.78 is 47.5. The highest BCUT2D eigenvalue weighted by Crippen LogP contribution is 2.46. The van der Waals surface area contributed by atoms with E-state index >= 15 is 8.63 Å². The van der Waals surface area contributed by atoms with E-state index in [9.17, 15) is 9.90 Å². The lowest BCUT2D eigenvalue weighted by Gasteiger charge is -2.36. The van der Waals surface area contributed by atoms with Crippen LogP contribution in [0.5, 0.6) is 11.5 Å². The molecule has 0 fully saturated rings. The Morgan fingerprint density at radius 3 is 2.29 bits per heavy atom. The third-order valence-corrected chi connectivity index (χ3v) is 9.89. The lowest BCUT2D eigenvalue weighted by atomic mass is 9.86. The first kappa shape index (κ1) is 29.1. The van der Waals surface area contributed by atoms with Gasteiger partial charge in [0.05, 0.1) is 5.57 Å². The van der Waals surface area contributed by atoms with E-state index < -0.39 is 18.5 Å². The maximum absolute atomic E-state index is 16.4. The highest BCUT2D eigenvalue weighted by atomic mass is 19.2. The topological polar surface area (TPSA) is 63.7 Å². The van der Waals surface area contributed by atoms with Crippen LogP contribution in [0.4, 0.5) is 8.63 Å². The molecule has 0 amide bonds. The first-order chi connectivity index (χ1) is 19.1. The number of benzene rings is 1. The number of carbonyl (C=O) groups is 1. The van der Waals surface area contributed by atoms with Gasteiger partial charge in [-0.05, 0) is 101 Å². The first-order valence-electron chi connectivity index (χ1n) is 14.6. The number of aromatic nitrogens is 1. The Labute approximate surface area is 241 Å². The summed E-state index contributed by atoms with van der Waals surface area (Å²) in [6, 6.07) is 0. The van der Waals surface area contributed by atoms with Crippen molar-refractivity contribution in [2.45, 2.75) is 101 Å². The minimum atomic E-state index is -4.14. The fourth-order valence-corrected chi connectivity index (χ4v) is 7.42. The van der Waals surface area contributed by atoms with Crippen molar-refractivity contribution in [1.82, 2.24) is 4.48 Å². The van der Waals surface area contributed by atoms with Gasteiger partial charge in [0.15, 0.2) is 5.70 Å². The molecule has 1 unspecified atom stereocenters. The molecular formula is C32H41BF2N2O4. The molecule has 3 aliphatic heterocycles. The summed E-state index contributed by atoms with van der Waals surface area (Å²) in [6.45, 7) is 14.2. The van der Waals surface area contributed by atoms with Gasteiger partial charge in [0.25, 0.3) is 0 Å². The van der Waals surface area contributed by atoms with E-state index in [2.05, 4.69) is 0 Å². The molecule has 3 aliphatic rings. The standard InChI is InChI=1S/C32H41BF2N2O4/c1-11-23-18(5)27-26(28-19(6)24(12-2)22(9)37(28)33(34,35)36(27)21(23)8)15-40-31(39)32(10)14-13-25-20(7)29(38)16(3)17(4)30(25)41-32/h38H,11-15H2,1-10H3. The second-order valence-electron chi connectivity index (χ2n) is 12.0. The molecule has 0 saturated carbocycles. The number of nitrogens with zero attached hydrogens (tertiary/aromatic N) is 2. The SMILES string of the molecule is CCC1=C(C)C2=C(COC(=O)C3(C)CCc4c(C)c(O)c(C)c(C)c4O3)c3c(C)c(CC)c(C)n3[B-](F)(F)[N+]2=C1C. The van der Waals surface area contributed by atoms with Crippen LogP contribution in [-0.2, 0) is 22.4 Å². The Morgan fingerprint density at radius 1 is 1.02 bits per heavy atom. The van der Waals surface area contributed by atoms with Crippen LogP contribution >= 0.6 is 0 Å². The van der Waals surface area contributed by atoms with Gasteiger partial charge in [0.2, 0.25) is 5.60 Å². The minimum absolute atomic E-state index is 0.149. The van der Waals surface area contributed by atoms with Gasteiger partial charge in [-0.1, -0.05) is 13.8 Å². The molecule has 1 aromatic heterocycles. The largest absolute Gasteiger partial charge is 0.737 e. The zero-order valence-corrected chi connectivity index (χ0v) is 25.9. The number of rotatable bonds is 5. The van der Waals surface area contributed by atoms with Crippen LogP contribution in [0.3, 0.4) is 0 Å². The summed E-state index contributed by atoms with van der Waals surface area (Å²) in [5, 5.41) is 10.5. The Morgan fingerprint density at radius 2 is 1.68 bits per heavy atom. The average molecular weight is 566 g/mol.